The molecule has 3 rings (SSSR count). The summed E-state index contributed by atoms with van der Waals surface area (Å²) in [4.78, 5) is 14.8. The summed E-state index contributed by atoms with van der Waals surface area (Å²) in [5.41, 5.74) is 0.933. The number of carbonyl (C=O) groups excluding carboxylic acids is 1. The van der Waals surface area contributed by atoms with Gasteiger partial charge in [-0.25, -0.2) is 4.39 Å². The first kappa shape index (κ1) is 19.2. The van der Waals surface area contributed by atoms with E-state index in [4.69, 9.17) is 0 Å². The van der Waals surface area contributed by atoms with Gasteiger partial charge in [-0.1, -0.05) is 19.1 Å². The van der Waals surface area contributed by atoms with Gasteiger partial charge in [0.1, 0.15) is 5.82 Å². The Bertz CT molecular complexity index is 548. The zero-order valence-corrected chi connectivity index (χ0v) is 15.2. The Labute approximate surface area is 150 Å². The van der Waals surface area contributed by atoms with Crippen LogP contribution >= 0.6 is 12.4 Å². The van der Waals surface area contributed by atoms with Gasteiger partial charge >= 0.3 is 0 Å². The summed E-state index contributed by atoms with van der Waals surface area (Å²) < 4.78 is 13.5. The van der Waals surface area contributed by atoms with E-state index in [0.717, 1.165) is 38.0 Å². The lowest BCUT2D eigenvalue weighted by atomic mass is 9.85. The molecule has 5 heteroatoms. The SMILES string of the molecule is CC(CC(=O)N1CCCC1c1cccc(F)c1)C1CCCNC1.Cl. The van der Waals surface area contributed by atoms with Crippen LogP contribution in [0.4, 0.5) is 4.39 Å². The number of piperidine rings is 1. The monoisotopic (exact) mass is 354 g/mol. The van der Waals surface area contributed by atoms with Gasteiger partial charge in [-0.05, 0) is 68.3 Å². The number of halogens is 2. The molecule has 1 amide bonds. The molecule has 3 unspecified atom stereocenters. The molecular weight excluding hydrogens is 327 g/mol. The van der Waals surface area contributed by atoms with Crippen molar-refractivity contribution in [1.29, 1.82) is 0 Å². The van der Waals surface area contributed by atoms with E-state index in [1.807, 2.05) is 11.0 Å². The van der Waals surface area contributed by atoms with Gasteiger partial charge in [-0.3, -0.25) is 4.79 Å². The van der Waals surface area contributed by atoms with Gasteiger partial charge in [-0.2, -0.15) is 0 Å². The minimum Gasteiger partial charge on any atom is -0.336 e. The Kier molecular flexibility index (Phi) is 7.05. The molecule has 0 saturated carbocycles. The number of hydrogen-bond donors (Lipinski definition) is 1. The molecule has 1 aromatic rings. The molecule has 2 fully saturated rings. The molecule has 24 heavy (non-hydrogen) atoms. The molecule has 3 atom stereocenters. The van der Waals surface area contributed by atoms with Crippen molar-refractivity contribution in [3.8, 4) is 0 Å². The molecule has 2 aliphatic heterocycles. The van der Waals surface area contributed by atoms with Gasteiger partial charge in [0.05, 0.1) is 6.04 Å². The number of nitrogens with zero attached hydrogens (tertiary/aromatic N) is 1. The van der Waals surface area contributed by atoms with Crippen LogP contribution in [-0.2, 0) is 4.79 Å². The lowest BCUT2D eigenvalue weighted by molar-refractivity contribution is -0.133. The Morgan fingerprint density at radius 2 is 2.21 bits per heavy atom. The third-order valence-corrected chi connectivity index (χ3v) is 5.44. The molecule has 0 aliphatic carbocycles. The average molecular weight is 355 g/mol. The van der Waals surface area contributed by atoms with Crippen molar-refractivity contribution in [2.45, 2.75) is 45.1 Å². The first-order valence-corrected chi connectivity index (χ1v) is 8.91. The van der Waals surface area contributed by atoms with Crippen molar-refractivity contribution in [2.75, 3.05) is 19.6 Å². The quantitative estimate of drug-likeness (QED) is 0.888. The third kappa shape index (κ3) is 4.48. The highest BCUT2D eigenvalue weighted by atomic mass is 35.5. The summed E-state index contributed by atoms with van der Waals surface area (Å²) in [6, 6.07) is 6.76. The zero-order valence-electron chi connectivity index (χ0n) is 14.3. The Hall–Kier alpha value is -1.13. The van der Waals surface area contributed by atoms with Gasteiger partial charge in [0.25, 0.3) is 0 Å². The fourth-order valence-corrected chi connectivity index (χ4v) is 4.05. The number of benzene rings is 1. The van der Waals surface area contributed by atoms with Crippen LogP contribution in [0.5, 0.6) is 0 Å². The maximum Gasteiger partial charge on any atom is 0.223 e. The molecule has 134 valence electrons. The number of rotatable bonds is 4. The lowest BCUT2D eigenvalue weighted by Crippen LogP contribution is -2.37. The van der Waals surface area contributed by atoms with Crippen molar-refractivity contribution in [3.63, 3.8) is 0 Å². The summed E-state index contributed by atoms with van der Waals surface area (Å²) in [7, 11) is 0. The van der Waals surface area contributed by atoms with Crippen LogP contribution in [-0.4, -0.2) is 30.4 Å². The number of hydrogen-bond acceptors (Lipinski definition) is 2. The summed E-state index contributed by atoms with van der Waals surface area (Å²) in [5, 5.41) is 3.43. The van der Waals surface area contributed by atoms with Crippen LogP contribution in [0.15, 0.2) is 24.3 Å². The molecule has 0 bridgehead atoms. The third-order valence-electron chi connectivity index (χ3n) is 5.44. The first-order valence-electron chi connectivity index (χ1n) is 8.91. The molecule has 3 nitrogen and oxygen atoms in total. The van der Waals surface area contributed by atoms with E-state index >= 15 is 0 Å². The normalized spacial score (nSPS) is 25.2. The highest BCUT2D eigenvalue weighted by Crippen LogP contribution is 2.34. The second kappa shape index (κ2) is 8.82. The first-order chi connectivity index (χ1) is 11.1. The van der Waals surface area contributed by atoms with E-state index in [-0.39, 0.29) is 30.2 Å². The fourth-order valence-electron chi connectivity index (χ4n) is 4.05. The molecule has 0 radical (unpaired) electrons. The van der Waals surface area contributed by atoms with Crippen LogP contribution in [0.1, 0.15) is 50.6 Å². The van der Waals surface area contributed by atoms with Crippen molar-refractivity contribution in [3.05, 3.63) is 35.6 Å². The Balaban J connectivity index is 0.00000208. The van der Waals surface area contributed by atoms with E-state index in [1.165, 1.54) is 18.9 Å². The lowest BCUT2D eigenvalue weighted by Gasteiger charge is -2.31. The van der Waals surface area contributed by atoms with Crippen molar-refractivity contribution >= 4 is 18.3 Å². The largest absolute Gasteiger partial charge is 0.336 e. The van der Waals surface area contributed by atoms with Crippen LogP contribution in [0.2, 0.25) is 0 Å². The minimum absolute atomic E-state index is 0. The molecule has 1 N–H and O–H groups in total. The van der Waals surface area contributed by atoms with Crippen LogP contribution in [0.25, 0.3) is 0 Å². The molecule has 0 aromatic heterocycles. The second-order valence-electron chi connectivity index (χ2n) is 7.09. The second-order valence-corrected chi connectivity index (χ2v) is 7.09. The van der Waals surface area contributed by atoms with E-state index in [1.54, 1.807) is 12.1 Å². The number of likely N-dealkylation sites (tertiary alicyclic amines) is 1. The highest BCUT2D eigenvalue weighted by molar-refractivity contribution is 5.85. The fraction of sp³-hybridized carbons (Fsp3) is 0.632. The highest BCUT2D eigenvalue weighted by Gasteiger charge is 2.32. The van der Waals surface area contributed by atoms with Crippen LogP contribution < -0.4 is 5.32 Å². The van der Waals surface area contributed by atoms with E-state index in [2.05, 4.69) is 12.2 Å². The number of carbonyl (C=O) groups is 1. The maximum atomic E-state index is 13.5. The van der Waals surface area contributed by atoms with Gasteiger partial charge in [0.2, 0.25) is 5.91 Å². The van der Waals surface area contributed by atoms with Gasteiger partial charge in [-0.15, -0.1) is 12.4 Å². The maximum absolute atomic E-state index is 13.5. The molecule has 2 heterocycles. The van der Waals surface area contributed by atoms with Crippen molar-refractivity contribution in [2.24, 2.45) is 11.8 Å². The molecule has 2 saturated heterocycles. The molecular formula is C19H28ClFN2O. The zero-order chi connectivity index (χ0) is 16.2. The number of amides is 1. The smallest absolute Gasteiger partial charge is 0.223 e. The van der Waals surface area contributed by atoms with Gasteiger partial charge in [0, 0.05) is 13.0 Å². The average Bonchev–Trinajstić information content (AvgIpc) is 3.05. The Morgan fingerprint density at radius 1 is 1.38 bits per heavy atom. The van der Waals surface area contributed by atoms with Gasteiger partial charge in [0.15, 0.2) is 0 Å². The van der Waals surface area contributed by atoms with Gasteiger partial charge < -0.3 is 10.2 Å². The Morgan fingerprint density at radius 3 is 2.92 bits per heavy atom. The number of nitrogens with one attached hydrogen (secondary N) is 1. The van der Waals surface area contributed by atoms with E-state index in [9.17, 15) is 9.18 Å². The summed E-state index contributed by atoms with van der Waals surface area (Å²) in [5.74, 6) is 1.02. The molecule has 1 aromatic carbocycles. The van der Waals surface area contributed by atoms with Crippen molar-refractivity contribution in [1.82, 2.24) is 10.2 Å². The summed E-state index contributed by atoms with van der Waals surface area (Å²) >= 11 is 0. The standard InChI is InChI=1S/C19H27FN2O.ClH/c1-14(16-6-3-9-21-13-16)11-19(23)22-10-4-8-18(22)15-5-2-7-17(20)12-15;/h2,5,7,12,14,16,18,21H,3-4,6,8-11,13H2,1H3;1H. The van der Waals surface area contributed by atoms with E-state index in [0.29, 0.717) is 18.3 Å². The minimum atomic E-state index is -0.219. The van der Waals surface area contributed by atoms with Crippen molar-refractivity contribution < 1.29 is 9.18 Å². The molecule has 2 aliphatic rings. The van der Waals surface area contributed by atoms with E-state index < -0.39 is 0 Å². The topological polar surface area (TPSA) is 32.3 Å². The summed E-state index contributed by atoms with van der Waals surface area (Å²) in [6.07, 6.45) is 4.98. The predicted octanol–water partition coefficient (Wildman–Crippen LogP) is 3.94. The van der Waals surface area contributed by atoms with Crippen LogP contribution in [0.3, 0.4) is 0 Å². The summed E-state index contributed by atoms with van der Waals surface area (Å²) in [6.45, 7) is 5.13. The molecule has 0 spiro atoms. The van der Waals surface area contributed by atoms with Crippen LogP contribution in [0, 0.1) is 17.7 Å². The predicted molar refractivity (Wildman–Crippen MR) is 96.7 cm³/mol.